The summed E-state index contributed by atoms with van der Waals surface area (Å²) in [6.07, 6.45) is -2.60. The number of hydrogen-bond donors (Lipinski definition) is 4. The van der Waals surface area contributed by atoms with E-state index in [1.54, 1.807) is 0 Å². The molecular formula is C23H22N4O6. The molecule has 0 saturated heterocycles. The van der Waals surface area contributed by atoms with Crippen LogP contribution in [0.15, 0.2) is 60.8 Å². The molecule has 33 heavy (non-hydrogen) atoms. The van der Waals surface area contributed by atoms with Crippen molar-refractivity contribution in [3.63, 3.8) is 0 Å². The van der Waals surface area contributed by atoms with Crippen molar-refractivity contribution < 1.29 is 24.7 Å². The topological polar surface area (TPSA) is 161 Å². The first kappa shape index (κ1) is 22.2. The fraction of sp³-hybridized carbons (Fsp3) is 0.217. The van der Waals surface area contributed by atoms with Crippen molar-refractivity contribution in [1.82, 2.24) is 10.3 Å². The molecule has 0 spiro atoms. The first-order valence-electron chi connectivity index (χ1n) is 10.2. The molecule has 0 radical (unpaired) electrons. The van der Waals surface area contributed by atoms with E-state index in [1.165, 1.54) is 0 Å². The molecular weight excluding hydrogens is 428 g/mol. The lowest BCUT2D eigenvalue weighted by molar-refractivity contribution is -0.384. The van der Waals surface area contributed by atoms with Gasteiger partial charge in [0.1, 0.15) is 18.8 Å². The van der Waals surface area contributed by atoms with Gasteiger partial charge in [-0.15, -0.1) is 0 Å². The number of pyridine rings is 1. The predicted molar refractivity (Wildman–Crippen MR) is 119 cm³/mol. The summed E-state index contributed by atoms with van der Waals surface area (Å²) in [5.41, 5.74) is 9.30. The molecule has 0 saturated carbocycles. The van der Waals surface area contributed by atoms with Gasteiger partial charge in [0.25, 0.3) is 0 Å². The number of nitrogens with zero attached hydrogens (tertiary/aromatic N) is 2. The number of aliphatic hydroxyl groups is 2. The highest BCUT2D eigenvalue weighted by atomic mass is 16.6. The van der Waals surface area contributed by atoms with Crippen LogP contribution < -0.4 is 11.1 Å². The van der Waals surface area contributed by atoms with Crippen LogP contribution in [0.1, 0.15) is 28.7 Å². The standard InChI is InChI=1S/C23H22N4O6/c24-22-19(27(31)32)9-13(10-25-22)21(29)20(28)11-26-23(30)33-12-18-16-7-3-1-5-14(16)15-6-2-4-8-17(15)18/h1-10,18,20-21,28-29H,11-12H2,(H2,24,25)(H,26,30). The highest BCUT2D eigenvalue weighted by molar-refractivity contribution is 5.79. The average molecular weight is 450 g/mol. The third-order valence-electron chi connectivity index (χ3n) is 5.62. The SMILES string of the molecule is Nc1ncc(C(O)C(O)CNC(=O)OCC2c3ccccc3-c3ccccc32)cc1[N+](=O)[O-]. The fourth-order valence-corrected chi connectivity index (χ4v) is 3.96. The Balaban J connectivity index is 1.35. The van der Waals surface area contributed by atoms with Crippen molar-refractivity contribution >= 4 is 17.6 Å². The Kier molecular flexibility index (Phi) is 6.20. The van der Waals surface area contributed by atoms with Gasteiger partial charge >= 0.3 is 11.8 Å². The number of anilines is 1. The van der Waals surface area contributed by atoms with Crippen molar-refractivity contribution in [2.75, 3.05) is 18.9 Å². The Morgan fingerprint density at radius 3 is 2.36 bits per heavy atom. The quantitative estimate of drug-likeness (QED) is 0.315. The van der Waals surface area contributed by atoms with Crippen LogP contribution in [-0.2, 0) is 4.74 Å². The number of hydrogen-bond acceptors (Lipinski definition) is 8. The van der Waals surface area contributed by atoms with Crippen LogP contribution in [0, 0.1) is 10.1 Å². The fourth-order valence-electron chi connectivity index (χ4n) is 3.96. The largest absolute Gasteiger partial charge is 0.449 e. The van der Waals surface area contributed by atoms with Crippen molar-refractivity contribution in [2.24, 2.45) is 0 Å². The monoisotopic (exact) mass is 450 g/mol. The second kappa shape index (κ2) is 9.23. The third-order valence-corrected chi connectivity index (χ3v) is 5.62. The molecule has 2 unspecified atom stereocenters. The number of aromatic nitrogens is 1. The van der Waals surface area contributed by atoms with E-state index in [1.807, 2.05) is 48.5 Å². The number of benzene rings is 2. The number of nitrogens with one attached hydrogen (secondary N) is 1. The summed E-state index contributed by atoms with van der Waals surface area (Å²) in [6, 6.07) is 16.9. The van der Waals surface area contributed by atoms with E-state index in [0.29, 0.717) is 0 Å². The number of nitrogens with two attached hydrogens (primary N) is 1. The summed E-state index contributed by atoms with van der Waals surface area (Å²) in [5, 5.41) is 33.9. The lowest BCUT2D eigenvalue weighted by atomic mass is 9.98. The maximum absolute atomic E-state index is 12.2. The number of nitro groups is 1. The molecule has 10 heteroatoms. The van der Waals surface area contributed by atoms with Crippen LogP contribution in [0.2, 0.25) is 0 Å². The third kappa shape index (κ3) is 4.47. The summed E-state index contributed by atoms with van der Waals surface area (Å²) in [7, 11) is 0. The van der Waals surface area contributed by atoms with Gasteiger partial charge in [-0.05, 0) is 22.3 Å². The molecule has 0 fully saturated rings. The highest BCUT2D eigenvalue weighted by Crippen LogP contribution is 2.44. The first-order valence-corrected chi connectivity index (χ1v) is 10.2. The Hall–Kier alpha value is -4.02. The van der Waals surface area contributed by atoms with Crippen LogP contribution in [0.5, 0.6) is 0 Å². The van der Waals surface area contributed by atoms with E-state index < -0.39 is 28.9 Å². The van der Waals surface area contributed by atoms with Gasteiger partial charge < -0.3 is 26.0 Å². The molecule has 3 aromatic rings. The molecule has 5 N–H and O–H groups in total. The highest BCUT2D eigenvalue weighted by Gasteiger charge is 2.29. The molecule has 0 bridgehead atoms. The molecule has 0 aliphatic heterocycles. The number of ether oxygens (including phenoxy) is 1. The Morgan fingerprint density at radius 2 is 1.76 bits per heavy atom. The van der Waals surface area contributed by atoms with E-state index >= 15 is 0 Å². The van der Waals surface area contributed by atoms with E-state index in [-0.39, 0.29) is 30.5 Å². The average Bonchev–Trinajstić information content (AvgIpc) is 3.14. The normalized spacial score (nSPS) is 14.1. The number of rotatable bonds is 7. The molecule has 1 heterocycles. The van der Waals surface area contributed by atoms with Gasteiger partial charge in [0, 0.05) is 30.3 Å². The van der Waals surface area contributed by atoms with Crippen LogP contribution in [0.4, 0.5) is 16.3 Å². The predicted octanol–water partition coefficient (Wildman–Crippen LogP) is 2.50. The zero-order valence-electron chi connectivity index (χ0n) is 17.4. The second-order valence-electron chi connectivity index (χ2n) is 7.65. The van der Waals surface area contributed by atoms with Gasteiger partial charge in [-0.1, -0.05) is 48.5 Å². The Morgan fingerprint density at radius 1 is 1.15 bits per heavy atom. The smallest absolute Gasteiger partial charge is 0.407 e. The van der Waals surface area contributed by atoms with Gasteiger partial charge in [-0.3, -0.25) is 10.1 Å². The minimum atomic E-state index is -1.52. The van der Waals surface area contributed by atoms with E-state index in [0.717, 1.165) is 34.5 Å². The van der Waals surface area contributed by atoms with Crippen molar-refractivity contribution in [1.29, 1.82) is 0 Å². The molecule has 10 nitrogen and oxygen atoms in total. The van der Waals surface area contributed by atoms with E-state index in [9.17, 15) is 25.1 Å². The zero-order valence-corrected chi connectivity index (χ0v) is 17.4. The van der Waals surface area contributed by atoms with Crippen LogP contribution >= 0.6 is 0 Å². The van der Waals surface area contributed by atoms with Crippen LogP contribution in [0.25, 0.3) is 11.1 Å². The second-order valence-corrected chi connectivity index (χ2v) is 7.65. The van der Waals surface area contributed by atoms with Gasteiger partial charge in [0.15, 0.2) is 0 Å². The van der Waals surface area contributed by atoms with Gasteiger partial charge in [0.05, 0.1) is 4.92 Å². The molecule has 1 amide bonds. The minimum Gasteiger partial charge on any atom is -0.449 e. The van der Waals surface area contributed by atoms with Crippen molar-refractivity contribution in [3.8, 4) is 11.1 Å². The maximum Gasteiger partial charge on any atom is 0.407 e. The molecule has 4 rings (SSSR count). The molecule has 1 aromatic heterocycles. The number of aliphatic hydroxyl groups excluding tert-OH is 2. The molecule has 2 atom stereocenters. The number of carbonyl (C=O) groups excluding carboxylic acids is 1. The van der Waals surface area contributed by atoms with Crippen LogP contribution in [0.3, 0.4) is 0 Å². The Labute approximate surface area is 188 Å². The molecule has 1 aliphatic carbocycles. The lowest BCUT2D eigenvalue weighted by Crippen LogP contribution is -2.36. The maximum atomic E-state index is 12.2. The number of alkyl carbamates (subject to hydrolysis) is 1. The summed E-state index contributed by atoms with van der Waals surface area (Å²) in [6.45, 7) is -0.234. The molecule has 1 aliphatic rings. The summed E-state index contributed by atoms with van der Waals surface area (Å²) in [5.74, 6) is -0.415. The first-order chi connectivity index (χ1) is 15.9. The van der Waals surface area contributed by atoms with Gasteiger partial charge in [-0.2, -0.15) is 0 Å². The van der Waals surface area contributed by atoms with Crippen molar-refractivity contribution in [3.05, 3.63) is 87.6 Å². The van der Waals surface area contributed by atoms with Gasteiger partial charge in [-0.25, -0.2) is 9.78 Å². The number of nitrogen functional groups attached to an aromatic ring is 1. The van der Waals surface area contributed by atoms with E-state index in [4.69, 9.17) is 10.5 Å². The zero-order chi connectivity index (χ0) is 23.5. The number of carbonyl (C=O) groups is 1. The van der Waals surface area contributed by atoms with Crippen molar-refractivity contribution in [2.45, 2.75) is 18.1 Å². The Bertz CT molecular complexity index is 1160. The summed E-state index contributed by atoms with van der Waals surface area (Å²) in [4.78, 5) is 26.1. The van der Waals surface area contributed by atoms with Gasteiger partial charge in [0.2, 0.25) is 5.82 Å². The number of amides is 1. The summed E-state index contributed by atoms with van der Waals surface area (Å²) < 4.78 is 5.38. The molecule has 170 valence electrons. The van der Waals surface area contributed by atoms with Crippen LogP contribution in [-0.4, -0.2) is 45.5 Å². The van der Waals surface area contributed by atoms with E-state index in [2.05, 4.69) is 10.3 Å². The lowest BCUT2D eigenvalue weighted by Gasteiger charge is -2.19. The number of fused-ring (bicyclic) bond motifs is 3. The minimum absolute atomic E-state index is 0.00210. The summed E-state index contributed by atoms with van der Waals surface area (Å²) >= 11 is 0. The molecule has 2 aromatic carbocycles.